The van der Waals surface area contributed by atoms with Crippen LogP contribution in [0, 0.1) is 13.8 Å². The molecule has 3 rings (SSSR count). The Hall–Kier alpha value is -2.95. The normalized spacial score (nSPS) is 10.6. The topological polar surface area (TPSA) is 57.0 Å². The smallest absolute Gasteiger partial charge is 0.310 e. The maximum atomic E-state index is 11.9. The van der Waals surface area contributed by atoms with E-state index in [0.29, 0.717) is 0 Å². The first kappa shape index (κ1) is 15.9. The summed E-state index contributed by atoms with van der Waals surface area (Å²) in [5, 5.41) is 4.67. The molecule has 2 aromatic heterocycles. The molecule has 0 N–H and O–H groups in total. The van der Waals surface area contributed by atoms with E-state index in [1.165, 1.54) is 7.11 Å². The quantitative estimate of drug-likeness (QED) is 0.692. The van der Waals surface area contributed by atoms with Crippen LogP contribution < -0.4 is 0 Å². The molecule has 24 heavy (non-hydrogen) atoms. The van der Waals surface area contributed by atoms with Crippen molar-refractivity contribution in [2.75, 3.05) is 7.11 Å². The molecule has 0 radical (unpaired) electrons. The van der Waals surface area contributed by atoms with Crippen LogP contribution in [0.5, 0.6) is 0 Å². The van der Waals surface area contributed by atoms with Gasteiger partial charge in [-0.05, 0) is 25.5 Å². The van der Waals surface area contributed by atoms with Crippen LogP contribution in [0.15, 0.2) is 48.8 Å². The average Bonchev–Trinajstić information content (AvgIpc) is 2.92. The third kappa shape index (κ3) is 2.93. The van der Waals surface area contributed by atoms with Crippen molar-refractivity contribution in [2.45, 2.75) is 20.3 Å². The van der Waals surface area contributed by atoms with Crippen molar-refractivity contribution in [3.8, 4) is 16.9 Å². The van der Waals surface area contributed by atoms with Crippen molar-refractivity contribution < 1.29 is 9.53 Å². The molecule has 0 fully saturated rings. The van der Waals surface area contributed by atoms with Gasteiger partial charge in [0.2, 0.25) is 0 Å². The number of ether oxygens (including phenoxy) is 1. The molecule has 5 nitrogen and oxygen atoms in total. The Morgan fingerprint density at radius 1 is 1.17 bits per heavy atom. The number of rotatable bonds is 4. The summed E-state index contributed by atoms with van der Waals surface area (Å²) in [5.74, 6) is -0.280. The number of methoxy groups -OCH3 is 1. The maximum Gasteiger partial charge on any atom is 0.310 e. The van der Waals surface area contributed by atoms with Crippen molar-refractivity contribution in [3.63, 3.8) is 0 Å². The molecule has 1 aromatic carbocycles. The number of carbonyl (C=O) groups excluding carboxylic acids is 1. The highest BCUT2D eigenvalue weighted by Crippen LogP contribution is 2.30. The van der Waals surface area contributed by atoms with Gasteiger partial charge in [0.15, 0.2) is 0 Å². The Bertz CT molecular complexity index is 870. The van der Waals surface area contributed by atoms with Crippen molar-refractivity contribution >= 4 is 5.97 Å². The molecule has 5 heteroatoms. The molecule has 0 amide bonds. The summed E-state index contributed by atoms with van der Waals surface area (Å²) >= 11 is 0. The van der Waals surface area contributed by atoms with Gasteiger partial charge in [0, 0.05) is 17.3 Å². The van der Waals surface area contributed by atoms with Gasteiger partial charge in [-0.3, -0.25) is 9.78 Å². The third-order valence-electron chi connectivity index (χ3n) is 4.02. The molecular formula is C19H19N3O2. The lowest BCUT2D eigenvalue weighted by Crippen LogP contribution is -2.07. The Balaban J connectivity index is 2.25. The Morgan fingerprint density at radius 3 is 2.58 bits per heavy atom. The van der Waals surface area contributed by atoms with E-state index in [4.69, 9.17) is 4.74 Å². The summed E-state index contributed by atoms with van der Waals surface area (Å²) in [4.78, 5) is 16.1. The zero-order valence-corrected chi connectivity index (χ0v) is 14.0. The number of nitrogens with zero attached hydrogens (tertiary/aromatic N) is 3. The van der Waals surface area contributed by atoms with Crippen LogP contribution in [0.3, 0.4) is 0 Å². The van der Waals surface area contributed by atoms with E-state index < -0.39 is 0 Å². The lowest BCUT2D eigenvalue weighted by molar-refractivity contribution is -0.139. The average molecular weight is 321 g/mol. The third-order valence-corrected chi connectivity index (χ3v) is 4.02. The minimum Gasteiger partial charge on any atom is -0.469 e. The number of benzene rings is 1. The summed E-state index contributed by atoms with van der Waals surface area (Å²) in [5.41, 5.74) is 5.54. The van der Waals surface area contributed by atoms with Gasteiger partial charge in [-0.25, -0.2) is 4.68 Å². The number of esters is 1. The van der Waals surface area contributed by atoms with Gasteiger partial charge in [-0.15, -0.1) is 0 Å². The molecule has 0 atom stereocenters. The first-order valence-corrected chi connectivity index (χ1v) is 7.73. The second-order valence-corrected chi connectivity index (χ2v) is 5.61. The SMILES string of the molecule is COC(=O)Cc1c(C)nn(-c2cnccc2C)c1-c1ccccc1. The number of aryl methyl sites for hydroxylation is 2. The summed E-state index contributed by atoms with van der Waals surface area (Å²) in [6.45, 7) is 3.93. The molecule has 122 valence electrons. The first-order chi connectivity index (χ1) is 11.6. The Morgan fingerprint density at radius 2 is 1.92 bits per heavy atom. The van der Waals surface area contributed by atoms with E-state index in [9.17, 15) is 4.79 Å². The fourth-order valence-electron chi connectivity index (χ4n) is 2.73. The van der Waals surface area contributed by atoms with Crippen LogP contribution in [0.1, 0.15) is 16.8 Å². The number of carbonyl (C=O) groups is 1. The van der Waals surface area contributed by atoms with Gasteiger partial charge < -0.3 is 4.74 Å². The minimum atomic E-state index is -0.280. The van der Waals surface area contributed by atoms with E-state index in [0.717, 1.165) is 33.8 Å². The standard InChI is InChI=1S/C19H19N3O2/c1-13-9-10-20-12-17(13)22-19(15-7-5-4-6-8-15)16(14(2)21-22)11-18(23)24-3/h4-10,12H,11H2,1-3H3. The summed E-state index contributed by atoms with van der Waals surface area (Å²) in [6.07, 6.45) is 3.73. The van der Waals surface area contributed by atoms with Crippen LogP contribution in [0.2, 0.25) is 0 Å². The summed E-state index contributed by atoms with van der Waals surface area (Å²) in [6, 6.07) is 11.9. The molecule has 0 saturated heterocycles. The van der Waals surface area contributed by atoms with Crippen LogP contribution in [-0.2, 0) is 16.0 Å². The van der Waals surface area contributed by atoms with Gasteiger partial charge in [0.25, 0.3) is 0 Å². The zero-order chi connectivity index (χ0) is 17.1. The zero-order valence-electron chi connectivity index (χ0n) is 14.0. The second kappa shape index (κ2) is 6.66. The van der Waals surface area contributed by atoms with Crippen LogP contribution >= 0.6 is 0 Å². The van der Waals surface area contributed by atoms with Crippen molar-refractivity contribution in [1.82, 2.24) is 14.8 Å². The van der Waals surface area contributed by atoms with E-state index in [2.05, 4.69) is 10.1 Å². The van der Waals surface area contributed by atoms with Crippen LogP contribution in [0.25, 0.3) is 16.9 Å². The van der Waals surface area contributed by atoms with E-state index >= 15 is 0 Å². The maximum absolute atomic E-state index is 11.9. The Labute approximate surface area is 140 Å². The predicted octanol–water partition coefficient (Wildman–Crippen LogP) is 3.27. The largest absolute Gasteiger partial charge is 0.469 e. The van der Waals surface area contributed by atoms with Gasteiger partial charge >= 0.3 is 5.97 Å². The van der Waals surface area contributed by atoms with Crippen molar-refractivity contribution in [1.29, 1.82) is 0 Å². The van der Waals surface area contributed by atoms with E-state index in [1.807, 2.05) is 54.9 Å². The lowest BCUT2D eigenvalue weighted by atomic mass is 10.0. The van der Waals surface area contributed by atoms with Crippen LogP contribution in [0.4, 0.5) is 0 Å². The van der Waals surface area contributed by atoms with E-state index in [1.54, 1.807) is 12.4 Å². The van der Waals surface area contributed by atoms with Gasteiger partial charge in [-0.2, -0.15) is 5.10 Å². The molecule has 0 saturated carbocycles. The summed E-state index contributed by atoms with van der Waals surface area (Å²) in [7, 11) is 1.40. The predicted molar refractivity (Wildman–Crippen MR) is 92.0 cm³/mol. The highest BCUT2D eigenvalue weighted by Gasteiger charge is 2.21. The van der Waals surface area contributed by atoms with Crippen molar-refractivity contribution in [3.05, 3.63) is 65.6 Å². The Kier molecular flexibility index (Phi) is 4.42. The number of pyridine rings is 1. The fraction of sp³-hybridized carbons (Fsp3) is 0.211. The second-order valence-electron chi connectivity index (χ2n) is 5.61. The van der Waals surface area contributed by atoms with Crippen LogP contribution in [-0.4, -0.2) is 27.8 Å². The first-order valence-electron chi connectivity index (χ1n) is 7.73. The molecular weight excluding hydrogens is 302 g/mol. The molecule has 0 aliphatic carbocycles. The van der Waals surface area contributed by atoms with Gasteiger partial charge in [-0.1, -0.05) is 30.3 Å². The number of hydrogen-bond donors (Lipinski definition) is 0. The molecule has 3 aromatic rings. The minimum absolute atomic E-state index is 0.186. The number of aromatic nitrogens is 3. The lowest BCUT2D eigenvalue weighted by Gasteiger charge is -2.11. The molecule has 2 heterocycles. The molecule has 0 unspecified atom stereocenters. The number of hydrogen-bond acceptors (Lipinski definition) is 4. The molecule has 0 bridgehead atoms. The highest BCUT2D eigenvalue weighted by atomic mass is 16.5. The fourth-order valence-corrected chi connectivity index (χ4v) is 2.73. The highest BCUT2D eigenvalue weighted by molar-refractivity contribution is 5.78. The molecule has 0 spiro atoms. The molecule has 0 aliphatic rings. The van der Waals surface area contributed by atoms with E-state index in [-0.39, 0.29) is 12.4 Å². The van der Waals surface area contributed by atoms with Gasteiger partial charge in [0.1, 0.15) is 0 Å². The summed E-state index contributed by atoms with van der Waals surface area (Å²) < 4.78 is 6.72. The van der Waals surface area contributed by atoms with Gasteiger partial charge in [0.05, 0.1) is 36.8 Å². The monoisotopic (exact) mass is 321 g/mol. The van der Waals surface area contributed by atoms with Crippen molar-refractivity contribution in [2.24, 2.45) is 0 Å². The molecule has 0 aliphatic heterocycles.